The molecule has 1 fully saturated rings. The third-order valence-corrected chi connectivity index (χ3v) is 9.49. The van der Waals surface area contributed by atoms with Crippen molar-refractivity contribution in [2.45, 2.75) is 69.5 Å². The molecule has 0 radical (unpaired) electrons. The predicted octanol–water partition coefficient (Wildman–Crippen LogP) is 5.71. The van der Waals surface area contributed by atoms with Crippen molar-refractivity contribution in [2.24, 2.45) is 0 Å². The van der Waals surface area contributed by atoms with Gasteiger partial charge in [-0.05, 0) is 74.2 Å². The van der Waals surface area contributed by atoms with Gasteiger partial charge in [0.25, 0.3) is 10.0 Å². The first-order chi connectivity index (χ1) is 19.2. The fourth-order valence-corrected chi connectivity index (χ4v) is 6.54. The zero-order chi connectivity index (χ0) is 28.7. The Morgan fingerprint density at radius 1 is 0.925 bits per heavy atom. The van der Waals surface area contributed by atoms with Crippen molar-refractivity contribution in [3.8, 4) is 0 Å². The van der Waals surface area contributed by atoms with Gasteiger partial charge in [0.05, 0.1) is 10.6 Å². The molecule has 1 aliphatic carbocycles. The van der Waals surface area contributed by atoms with Crippen LogP contribution in [0.1, 0.15) is 50.2 Å². The molecular weight excluding hydrogens is 546 g/mol. The third kappa shape index (κ3) is 7.23. The smallest absolute Gasteiger partial charge is 0.264 e. The fourth-order valence-electron chi connectivity index (χ4n) is 4.98. The molecule has 2 amide bonds. The topological polar surface area (TPSA) is 86.8 Å². The van der Waals surface area contributed by atoms with E-state index in [1.54, 1.807) is 49.4 Å². The largest absolute Gasteiger partial charge is 0.352 e. The van der Waals surface area contributed by atoms with Crippen molar-refractivity contribution in [1.29, 1.82) is 0 Å². The van der Waals surface area contributed by atoms with Crippen LogP contribution in [0.3, 0.4) is 0 Å². The highest BCUT2D eigenvalue weighted by Gasteiger charge is 2.33. The van der Waals surface area contributed by atoms with Crippen LogP contribution in [0.5, 0.6) is 0 Å². The Kier molecular flexibility index (Phi) is 9.87. The number of amides is 2. The van der Waals surface area contributed by atoms with Crippen LogP contribution in [-0.4, -0.2) is 43.8 Å². The number of anilines is 1. The molecule has 0 aliphatic heterocycles. The van der Waals surface area contributed by atoms with Crippen LogP contribution in [-0.2, 0) is 26.2 Å². The van der Waals surface area contributed by atoms with Gasteiger partial charge in [-0.15, -0.1) is 0 Å². The van der Waals surface area contributed by atoms with Gasteiger partial charge in [0.2, 0.25) is 11.8 Å². The van der Waals surface area contributed by atoms with Crippen LogP contribution in [0.25, 0.3) is 0 Å². The number of carbonyl (C=O) groups is 2. The van der Waals surface area contributed by atoms with E-state index in [0.29, 0.717) is 10.7 Å². The van der Waals surface area contributed by atoms with Crippen molar-refractivity contribution in [1.82, 2.24) is 10.2 Å². The Labute approximate surface area is 242 Å². The van der Waals surface area contributed by atoms with E-state index in [2.05, 4.69) is 5.32 Å². The Morgan fingerprint density at radius 3 is 2.20 bits per heavy atom. The van der Waals surface area contributed by atoms with E-state index in [9.17, 15) is 18.0 Å². The average Bonchev–Trinajstić information content (AvgIpc) is 2.96. The number of hydrogen-bond acceptors (Lipinski definition) is 4. The number of rotatable bonds is 10. The number of sulfonamides is 1. The first kappa shape index (κ1) is 29.6. The van der Waals surface area contributed by atoms with E-state index in [1.807, 2.05) is 31.2 Å². The van der Waals surface area contributed by atoms with Crippen molar-refractivity contribution in [3.63, 3.8) is 0 Å². The van der Waals surface area contributed by atoms with Crippen LogP contribution in [0.2, 0.25) is 5.02 Å². The normalized spacial score (nSPS) is 14.8. The molecule has 40 heavy (non-hydrogen) atoms. The van der Waals surface area contributed by atoms with Crippen molar-refractivity contribution < 1.29 is 18.0 Å². The molecule has 4 rings (SSSR count). The molecule has 1 atom stereocenters. The molecule has 9 heteroatoms. The summed E-state index contributed by atoms with van der Waals surface area (Å²) in [6.07, 6.45) is 5.14. The third-order valence-electron chi connectivity index (χ3n) is 7.45. The molecule has 0 bridgehead atoms. The summed E-state index contributed by atoms with van der Waals surface area (Å²) in [5.41, 5.74) is 2.17. The first-order valence-electron chi connectivity index (χ1n) is 13.6. The minimum atomic E-state index is -4.10. The van der Waals surface area contributed by atoms with Crippen LogP contribution in [0.15, 0.2) is 83.8 Å². The lowest BCUT2D eigenvalue weighted by molar-refractivity contribution is -0.139. The van der Waals surface area contributed by atoms with E-state index >= 15 is 0 Å². The highest BCUT2D eigenvalue weighted by molar-refractivity contribution is 7.92. The summed E-state index contributed by atoms with van der Waals surface area (Å²) in [6.45, 7) is 3.34. The van der Waals surface area contributed by atoms with Gasteiger partial charge < -0.3 is 10.2 Å². The molecule has 1 N–H and O–H groups in total. The Bertz CT molecular complexity index is 1410. The predicted molar refractivity (Wildman–Crippen MR) is 159 cm³/mol. The molecule has 3 aromatic carbocycles. The summed E-state index contributed by atoms with van der Waals surface area (Å²) in [5, 5.41) is 3.57. The highest BCUT2D eigenvalue weighted by Crippen LogP contribution is 2.26. The summed E-state index contributed by atoms with van der Waals surface area (Å²) in [6, 6.07) is 21.2. The van der Waals surface area contributed by atoms with Crippen LogP contribution in [0, 0.1) is 6.92 Å². The van der Waals surface area contributed by atoms with Gasteiger partial charge in [-0.25, -0.2) is 8.42 Å². The number of hydrogen-bond donors (Lipinski definition) is 1. The molecule has 0 aromatic heterocycles. The van der Waals surface area contributed by atoms with Gasteiger partial charge in [-0.3, -0.25) is 13.9 Å². The Morgan fingerprint density at radius 2 is 1.55 bits per heavy atom. The molecule has 7 nitrogen and oxygen atoms in total. The quantitative estimate of drug-likeness (QED) is 0.332. The number of halogens is 1. The zero-order valence-corrected chi connectivity index (χ0v) is 24.5. The van der Waals surface area contributed by atoms with Crippen molar-refractivity contribution in [2.75, 3.05) is 10.8 Å². The Balaban J connectivity index is 1.67. The maximum absolute atomic E-state index is 14.0. The summed E-state index contributed by atoms with van der Waals surface area (Å²) in [7, 11) is -4.10. The first-order valence-corrected chi connectivity index (χ1v) is 15.5. The van der Waals surface area contributed by atoms with Gasteiger partial charge in [-0.2, -0.15) is 0 Å². The van der Waals surface area contributed by atoms with Crippen molar-refractivity contribution >= 4 is 39.1 Å². The second kappa shape index (κ2) is 13.3. The molecule has 0 unspecified atom stereocenters. The zero-order valence-electron chi connectivity index (χ0n) is 22.9. The molecule has 1 saturated carbocycles. The van der Waals surface area contributed by atoms with Crippen LogP contribution in [0.4, 0.5) is 5.69 Å². The number of nitrogens with one attached hydrogen (secondary N) is 1. The molecular formula is C31H36ClN3O4S. The summed E-state index contributed by atoms with van der Waals surface area (Å²) >= 11 is 6.08. The number of carbonyl (C=O) groups excluding carboxylic acids is 2. The maximum Gasteiger partial charge on any atom is 0.264 e. The van der Waals surface area contributed by atoms with Crippen LogP contribution >= 0.6 is 11.6 Å². The van der Waals surface area contributed by atoms with Gasteiger partial charge in [-0.1, -0.05) is 73.3 Å². The molecule has 3 aromatic rings. The minimum Gasteiger partial charge on any atom is -0.352 e. The van der Waals surface area contributed by atoms with E-state index in [4.69, 9.17) is 11.6 Å². The standard InChI is InChI=1S/C31H36ClN3O4S/c1-23-11-9-10-12-25(23)21-34(24(2)31(37)33-27-13-5-3-6-14-27)30(36)22-35(28-19-17-26(32)18-20-28)40(38,39)29-15-7-4-8-16-29/h4,7-12,15-20,24,27H,3,5-6,13-14,21-22H2,1-2H3,(H,33,37)/t24-/m1/s1. The fraction of sp³-hybridized carbons (Fsp3) is 0.355. The van der Waals surface area contributed by atoms with E-state index < -0.39 is 28.5 Å². The second-order valence-electron chi connectivity index (χ2n) is 10.3. The lowest BCUT2D eigenvalue weighted by atomic mass is 9.95. The maximum atomic E-state index is 14.0. The van der Waals surface area contributed by atoms with Gasteiger partial charge >= 0.3 is 0 Å². The van der Waals surface area contributed by atoms with Gasteiger partial charge in [0, 0.05) is 17.6 Å². The number of benzene rings is 3. The van der Waals surface area contributed by atoms with Crippen LogP contribution < -0.4 is 9.62 Å². The van der Waals surface area contributed by atoms with Crippen molar-refractivity contribution in [3.05, 3.63) is 95.0 Å². The average molecular weight is 582 g/mol. The molecule has 0 heterocycles. The van der Waals surface area contributed by atoms with E-state index in [-0.39, 0.29) is 23.4 Å². The monoisotopic (exact) mass is 581 g/mol. The van der Waals surface area contributed by atoms with E-state index in [0.717, 1.165) is 47.5 Å². The lowest BCUT2D eigenvalue weighted by Gasteiger charge is -2.33. The molecule has 1 aliphatic rings. The minimum absolute atomic E-state index is 0.0614. The molecule has 0 spiro atoms. The van der Waals surface area contributed by atoms with E-state index in [1.165, 1.54) is 17.0 Å². The molecule has 212 valence electrons. The highest BCUT2D eigenvalue weighted by atomic mass is 35.5. The van der Waals surface area contributed by atoms with Gasteiger partial charge in [0.15, 0.2) is 0 Å². The molecule has 0 saturated heterocycles. The summed E-state index contributed by atoms with van der Waals surface area (Å²) in [4.78, 5) is 29.0. The number of aryl methyl sites for hydroxylation is 1. The Hall–Kier alpha value is -3.36. The SMILES string of the molecule is Cc1ccccc1CN(C(=O)CN(c1ccc(Cl)cc1)S(=O)(=O)c1ccccc1)[C@H](C)C(=O)NC1CCCCC1. The lowest BCUT2D eigenvalue weighted by Crippen LogP contribution is -2.53. The van der Waals surface area contributed by atoms with Gasteiger partial charge in [0.1, 0.15) is 12.6 Å². The summed E-state index contributed by atoms with van der Waals surface area (Å²) < 4.78 is 28.7. The summed E-state index contributed by atoms with van der Waals surface area (Å²) in [5.74, 6) is -0.721. The number of nitrogens with zero attached hydrogens (tertiary/aromatic N) is 2. The second-order valence-corrected chi connectivity index (χ2v) is 12.6.